The first-order valence-corrected chi connectivity index (χ1v) is 12.7. The van der Waals surface area contributed by atoms with Crippen molar-refractivity contribution in [2.75, 3.05) is 10.6 Å². The van der Waals surface area contributed by atoms with Crippen LogP contribution in [0.5, 0.6) is 0 Å². The average Bonchev–Trinajstić information content (AvgIpc) is 2.84. The largest absolute Gasteiger partial charge is 0.371 e. The summed E-state index contributed by atoms with van der Waals surface area (Å²) in [6.45, 7) is 0. The summed E-state index contributed by atoms with van der Waals surface area (Å²) in [5.74, 6) is -0.132. The van der Waals surface area contributed by atoms with Gasteiger partial charge in [-0.25, -0.2) is 13.6 Å². The number of carbonyl (C=O) groups is 1. The van der Waals surface area contributed by atoms with E-state index in [1.807, 2.05) is 6.07 Å². The zero-order valence-corrected chi connectivity index (χ0v) is 19.4. The van der Waals surface area contributed by atoms with E-state index in [1.165, 1.54) is 6.07 Å². The second-order valence-corrected chi connectivity index (χ2v) is 10.1. The van der Waals surface area contributed by atoms with E-state index in [0.29, 0.717) is 35.2 Å². The lowest BCUT2D eigenvalue weighted by Gasteiger charge is -2.37. The van der Waals surface area contributed by atoms with Crippen molar-refractivity contribution in [3.8, 4) is 17.2 Å². The summed E-state index contributed by atoms with van der Waals surface area (Å²) in [4.78, 5) is 13.5. The molecule has 0 saturated heterocycles. The second-order valence-electron chi connectivity index (χ2n) is 8.53. The molecule has 34 heavy (non-hydrogen) atoms. The molecular weight excluding hydrogens is 448 g/mol. The summed E-state index contributed by atoms with van der Waals surface area (Å²) in [7, 11) is -3.87. The molecule has 1 fully saturated rings. The van der Waals surface area contributed by atoms with Gasteiger partial charge in [0, 0.05) is 16.9 Å². The molecule has 0 bridgehead atoms. The predicted octanol–water partition coefficient (Wildman–Crippen LogP) is 4.63. The van der Waals surface area contributed by atoms with Crippen LogP contribution in [0.2, 0.25) is 0 Å². The van der Waals surface area contributed by atoms with E-state index < -0.39 is 15.6 Å². The van der Waals surface area contributed by atoms with Gasteiger partial charge in [-0.1, -0.05) is 55.7 Å². The minimum atomic E-state index is -3.87. The van der Waals surface area contributed by atoms with Crippen LogP contribution in [0, 0.1) is 11.3 Å². The molecule has 3 aromatic carbocycles. The van der Waals surface area contributed by atoms with Crippen LogP contribution in [-0.4, -0.2) is 19.9 Å². The van der Waals surface area contributed by atoms with Gasteiger partial charge in [-0.2, -0.15) is 5.26 Å². The Morgan fingerprint density at radius 2 is 1.62 bits per heavy atom. The lowest BCUT2D eigenvalue weighted by atomic mass is 9.80. The first-order chi connectivity index (χ1) is 16.3. The highest BCUT2D eigenvalue weighted by Gasteiger charge is 2.39. The number of nitrogens with one attached hydrogen (secondary N) is 2. The van der Waals surface area contributed by atoms with E-state index in [2.05, 4.69) is 16.7 Å². The van der Waals surface area contributed by atoms with Gasteiger partial charge in [-0.15, -0.1) is 0 Å². The standard InChI is InChI=1S/C26H26N4O3S/c27-18-19-7-6-8-22(17-19)30-26(15-4-1-5-16-26)25(31)29-21-13-11-20(12-14-21)23-9-2-3-10-24(23)34(28,32)33/h2-3,6-14,17,30H,1,4-5,15-16H2,(H,29,31)(H2,28,32,33). The third kappa shape index (κ3) is 5.11. The van der Waals surface area contributed by atoms with Gasteiger partial charge < -0.3 is 10.6 Å². The summed E-state index contributed by atoms with van der Waals surface area (Å²) < 4.78 is 23.9. The molecule has 0 atom stereocenters. The minimum absolute atomic E-state index is 0.0525. The van der Waals surface area contributed by atoms with Crippen LogP contribution in [0.1, 0.15) is 37.7 Å². The van der Waals surface area contributed by atoms with Gasteiger partial charge >= 0.3 is 0 Å². The molecule has 3 aromatic rings. The second kappa shape index (κ2) is 9.67. The number of nitrogens with zero attached hydrogens (tertiary/aromatic N) is 1. The van der Waals surface area contributed by atoms with E-state index in [9.17, 15) is 18.5 Å². The van der Waals surface area contributed by atoms with Gasteiger partial charge in [-0.3, -0.25) is 4.79 Å². The molecule has 0 heterocycles. The zero-order valence-electron chi connectivity index (χ0n) is 18.6. The predicted molar refractivity (Wildman–Crippen MR) is 132 cm³/mol. The Hall–Kier alpha value is -3.67. The van der Waals surface area contributed by atoms with Crippen LogP contribution < -0.4 is 15.8 Å². The Morgan fingerprint density at radius 1 is 0.912 bits per heavy atom. The fraction of sp³-hybridized carbons (Fsp3) is 0.231. The number of hydrogen-bond acceptors (Lipinski definition) is 5. The maximum Gasteiger partial charge on any atom is 0.250 e. The Balaban J connectivity index is 1.57. The molecule has 4 N–H and O–H groups in total. The first kappa shape index (κ1) is 23.5. The number of rotatable bonds is 6. The molecule has 0 aromatic heterocycles. The van der Waals surface area contributed by atoms with E-state index in [0.717, 1.165) is 24.9 Å². The molecule has 0 spiro atoms. The Kier molecular flexibility index (Phi) is 6.68. The molecule has 4 rings (SSSR count). The van der Waals surface area contributed by atoms with Crippen LogP contribution >= 0.6 is 0 Å². The van der Waals surface area contributed by atoms with Gasteiger partial charge in [0.2, 0.25) is 15.9 Å². The third-order valence-corrected chi connectivity index (χ3v) is 7.13. The van der Waals surface area contributed by atoms with Crippen LogP contribution in [0.15, 0.2) is 77.7 Å². The van der Waals surface area contributed by atoms with Crippen molar-refractivity contribution in [3.05, 3.63) is 78.4 Å². The molecule has 8 heteroatoms. The summed E-state index contributed by atoms with van der Waals surface area (Å²) >= 11 is 0. The molecule has 0 radical (unpaired) electrons. The highest BCUT2D eigenvalue weighted by molar-refractivity contribution is 7.89. The van der Waals surface area contributed by atoms with Crippen molar-refractivity contribution in [2.24, 2.45) is 5.14 Å². The van der Waals surface area contributed by atoms with Crippen molar-refractivity contribution in [3.63, 3.8) is 0 Å². The summed E-state index contributed by atoms with van der Waals surface area (Å²) in [6.07, 6.45) is 4.32. The van der Waals surface area contributed by atoms with Crippen molar-refractivity contribution < 1.29 is 13.2 Å². The maximum absolute atomic E-state index is 13.5. The number of nitriles is 1. The molecular formula is C26H26N4O3S. The Labute approximate surface area is 199 Å². The lowest BCUT2D eigenvalue weighted by Crippen LogP contribution is -2.51. The highest BCUT2D eigenvalue weighted by atomic mass is 32.2. The van der Waals surface area contributed by atoms with Crippen LogP contribution in [0.25, 0.3) is 11.1 Å². The smallest absolute Gasteiger partial charge is 0.250 e. The fourth-order valence-corrected chi connectivity index (χ4v) is 5.20. The normalized spacial score (nSPS) is 15.2. The molecule has 7 nitrogen and oxygen atoms in total. The minimum Gasteiger partial charge on any atom is -0.371 e. The Bertz CT molecular complexity index is 1340. The van der Waals surface area contributed by atoms with Crippen LogP contribution in [-0.2, 0) is 14.8 Å². The van der Waals surface area contributed by atoms with E-state index >= 15 is 0 Å². The SMILES string of the molecule is N#Cc1cccc(NC2(C(=O)Nc3ccc(-c4ccccc4S(N)(=O)=O)cc3)CCCCC2)c1. The highest BCUT2D eigenvalue weighted by Crippen LogP contribution is 2.34. The van der Waals surface area contributed by atoms with Gasteiger partial charge in [0.1, 0.15) is 5.54 Å². The molecule has 1 saturated carbocycles. The van der Waals surface area contributed by atoms with Gasteiger partial charge in [0.05, 0.1) is 16.5 Å². The van der Waals surface area contributed by atoms with Crippen molar-refractivity contribution in [2.45, 2.75) is 42.5 Å². The summed E-state index contributed by atoms with van der Waals surface area (Å²) in [5.41, 5.74) is 2.30. The first-order valence-electron chi connectivity index (χ1n) is 11.1. The van der Waals surface area contributed by atoms with Crippen molar-refractivity contribution in [1.29, 1.82) is 5.26 Å². The average molecular weight is 475 g/mol. The van der Waals surface area contributed by atoms with Crippen molar-refractivity contribution >= 4 is 27.3 Å². The lowest BCUT2D eigenvalue weighted by molar-refractivity contribution is -0.121. The molecule has 0 unspecified atom stereocenters. The molecule has 1 aliphatic carbocycles. The van der Waals surface area contributed by atoms with E-state index in [1.54, 1.807) is 60.7 Å². The number of nitrogens with two attached hydrogens (primary N) is 1. The quantitative estimate of drug-likeness (QED) is 0.480. The number of carbonyl (C=O) groups excluding carboxylic acids is 1. The number of amides is 1. The molecule has 0 aliphatic heterocycles. The number of sulfonamides is 1. The number of primary sulfonamides is 1. The third-order valence-electron chi connectivity index (χ3n) is 6.16. The summed E-state index contributed by atoms with van der Waals surface area (Å²) in [5, 5.41) is 21.0. The molecule has 1 amide bonds. The van der Waals surface area contributed by atoms with E-state index in [-0.39, 0.29) is 10.8 Å². The topological polar surface area (TPSA) is 125 Å². The van der Waals surface area contributed by atoms with E-state index in [4.69, 9.17) is 5.14 Å². The van der Waals surface area contributed by atoms with Gasteiger partial charge in [0.15, 0.2) is 0 Å². The zero-order chi connectivity index (χ0) is 24.2. The van der Waals surface area contributed by atoms with Crippen molar-refractivity contribution in [1.82, 2.24) is 0 Å². The van der Waals surface area contributed by atoms with Crippen LogP contribution in [0.4, 0.5) is 11.4 Å². The fourth-order valence-electron chi connectivity index (χ4n) is 4.44. The molecule has 174 valence electrons. The van der Waals surface area contributed by atoms with Crippen LogP contribution in [0.3, 0.4) is 0 Å². The number of hydrogen-bond donors (Lipinski definition) is 3. The Morgan fingerprint density at radius 3 is 2.29 bits per heavy atom. The summed E-state index contributed by atoms with van der Waals surface area (Å²) in [6, 6.07) is 22.8. The maximum atomic E-state index is 13.5. The molecule has 1 aliphatic rings. The monoisotopic (exact) mass is 474 g/mol. The van der Waals surface area contributed by atoms with Gasteiger partial charge in [0.25, 0.3) is 0 Å². The van der Waals surface area contributed by atoms with Gasteiger partial charge in [-0.05, 0) is 54.8 Å². The number of anilines is 2. The number of benzene rings is 3.